The third-order valence-corrected chi connectivity index (χ3v) is 5.75. The lowest BCUT2D eigenvalue weighted by Crippen LogP contribution is -2.27. The van der Waals surface area contributed by atoms with Crippen molar-refractivity contribution in [3.63, 3.8) is 0 Å². The number of benzene rings is 3. The second-order valence-electron chi connectivity index (χ2n) is 6.77. The molecular weight excluding hydrogens is 397 g/mol. The molecule has 1 aliphatic carbocycles. The summed E-state index contributed by atoms with van der Waals surface area (Å²) in [5, 5.41) is 12.4. The zero-order valence-corrected chi connectivity index (χ0v) is 16.2. The van der Waals surface area contributed by atoms with Crippen molar-refractivity contribution in [2.75, 3.05) is 6.54 Å². The van der Waals surface area contributed by atoms with Crippen LogP contribution in [0.25, 0.3) is 0 Å². The maximum absolute atomic E-state index is 13.0. The van der Waals surface area contributed by atoms with E-state index in [1.165, 1.54) is 0 Å². The van der Waals surface area contributed by atoms with E-state index >= 15 is 0 Å². The Bertz CT molecular complexity index is 1050. The van der Waals surface area contributed by atoms with Gasteiger partial charge in [-0.3, -0.25) is 14.9 Å². The van der Waals surface area contributed by atoms with Crippen LogP contribution in [0.4, 0.5) is 0 Å². The van der Waals surface area contributed by atoms with Crippen LogP contribution in [0.15, 0.2) is 66.7 Å². The highest BCUT2D eigenvalue weighted by molar-refractivity contribution is 6.35. The summed E-state index contributed by atoms with van der Waals surface area (Å²) in [4.78, 5) is 24.2. The number of halogens is 2. The molecule has 6 heteroatoms. The lowest BCUT2D eigenvalue weighted by molar-refractivity contribution is -0.483. The quantitative estimate of drug-likeness (QED) is 0.406. The summed E-state index contributed by atoms with van der Waals surface area (Å²) in [6, 6.07) is 19.6. The first-order valence-electron chi connectivity index (χ1n) is 8.76. The van der Waals surface area contributed by atoms with E-state index in [9.17, 15) is 14.9 Å². The molecular formula is C22H15Cl2NO3. The Kier molecular flexibility index (Phi) is 4.92. The lowest BCUT2D eigenvalue weighted by atomic mass is 9.70. The van der Waals surface area contributed by atoms with Gasteiger partial charge in [-0.15, -0.1) is 0 Å². The summed E-state index contributed by atoms with van der Waals surface area (Å²) in [6.45, 7) is -0.317. The first-order chi connectivity index (χ1) is 13.5. The minimum atomic E-state index is -0.546. The van der Waals surface area contributed by atoms with Crippen molar-refractivity contribution in [2.45, 2.75) is 11.8 Å². The van der Waals surface area contributed by atoms with E-state index in [1.54, 1.807) is 42.5 Å². The van der Waals surface area contributed by atoms with E-state index < -0.39 is 5.92 Å². The molecule has 28 heavy (non-hydrogen) atoms. The van der Waals surface area contributed by atoms with Crippen molar-refractivity contribution in [3.8, 4) is 0 Å². The molecule has 0 saturated heterocycles. The predicted molar refractivity (Wildman–Crippen MR) is 109 cm³/mol. The summed E-state index contributed by atoms with van der Waals surface area (Å²) in [5.74, 6) is -0.978. The molecule has 0 fully saturated rings. The third kappa shape index (κ3) is 3.19. The summed E-state index contributed by atoms with van der Waals surface area (Å²) in [7, 11) is 0. The summed E-state index contributed by atoms with van der Waals surface area (Å²) < 4.78 is 0. The molecule has 0 aliphatic heterocycles. The Morgan fingerprint density at radius 3 is 2.04 bits per heavy atom. The Balaban J connectivity index is 1.97. The van der Waals surface area contributed by atoms with Crippen LogP contribution >= 0.6 is 23.2 Å². The van der Waals surface area contributed by atoms with Crippen molar-refractivity contribution in [3.05, 3.63) is 115 Å². The minimum Gasteiger partial charge on any atom is -0.289 e. The highest BCUT2D eigenvalue weighted by Gasteiger charge is 2.39. The summed E-state index contributed by atoms with van der Waals surface area (Å²) in [6.07, 6.45) is 0. The van der Waals surface area contributed by atoms with E-state index in [0.29, 0.717) is 26.7 Å². The Hall–Kier alpha value is -2.69. The first-order valence-corrected chi connectivity index (χ1v) is 9.52. The van der Waals surface area contributed by atoms with E-state index in [2.05, 4.69) is 0 Å². The molecule has 0 aromatic heterocycles. The second kappa shape index (κ2) is 7.38. The van der Waals surface area contributed by atoms with E-state index in [4.69, 9.17) is 23.2 Å². The Morgan fingerprint density at radius 2 is 1.50 bits per heavy atom. The fraction of sp³-hybridized carbons (Fsp3) is 0.136. The fourth-order valence-corrected chi connectivity index (χ4v) is 4.59. The van der Waals surface area contributed by atoms with Gasteiger partial charge in [0.15, 0.2) is 5.78 Å². The molecule has 3 aromatic carbocycles. The second-order valence-corrected chi connectivity index (χ2v) is 7.61. The maximum atomic E-state index is 13.0. The van der Waals surface area contributed by atoms with Crippen LogP contribution in [0.5, 0.6) is 0 Å². The average Bonchev–Trinajstić information content (AvgIpc) is 2.67. The highest BCUT2D eigenvalue weighted by atomic mass is 35.5. The van der Waals surface area contributed by atoms with Crippen LogP contribution in [-0.4, -0.2) is 17.3 Å². The maximum Gasteiger partial charge on any atom is 0.211 e. The van der Waals surface area contributed by atoms with E-state index in [0.717, 1.165) is 11.1 Å². The molecule has 0 amide bonds. The molecule has 0 saturated carbocycles. The van der Waals surface area contributed by atoms with Gasteiger partial charge in [-0.2, -0.15) is 0 Å². The predicted octanol–water partition coefficient (Wildman–Crippen LogP) is 5.73. The van der Waals surface area contributed by atoms with E-state index in [1.807, 2.05) is 24.3 Å². The van der Waals surface area contributed by atoms with Crippen LogP contribution in [0.1, 0.15) is 44.4 Å². The van der Waals surface area contributed by atoms with Gasteiger partial charge >= 0.3 is 0 Å². The van der Waals surface area contributed by atoms with Gasteiger partial charge in [-0.25, -0.2) is 0 Å². The smallest absolute Gasteiger partial charge is 0.211 e. The Labute approximate surface area is 171 Å². The number of rotatable bonds is 4. The number of hydrogen-bond donors (Lipinski definition) is 0. The normalized spacial score (nSPS) is 14.3. The number of nitro groups is 1. The molecule has 4 rings (SSSR count). The monoisotopic (exact) mass is 411 g/mol. The Morgan fingerprint density at radius 1 is 0.929 bits per heavy atom. The van der Waals surface area contributed by atoms with Gasteiger partial charge in [0.2, 0.25) is 6.54 Å². The number of ketones is 1. The number of nitrogens with zero attached hydrogens (tertiary/aromatic N) is 1. The zero-order valence-electron chi connectivity index (χ0n) is 14.6. The van der Waals surface area contributed by atoms with Gasteiger partial charge in [0.25, 0.3) is 0 Å². The topological polar surface area (TPSA) is 60.2 Å². The molecule has 140 valence electrons. The molecule has 0 N–H and O–H groups in total. The van der Waals surface area contributed by atoms with Crippen molar-refractivity contribution in [1.82, 2.24) is 0 Å². The SMILES string of the molecule is O=C1c2ccccc2C(C(C[N+](=O)[O-])c2ccc(Cl)cc2Cl)c2ccccc21. The van der Waals surface area contributed by atoms with Crippen LogP contribution in [0.3, 0.4) is 0 Å². The van der Waals surface area contributed by atoms with Crippen LogP contribution in [-0.2, 0) is 0 Å². The standard InChI is InChI=1S/C22H15Cl2NO3/c23-13-9-10-14(20(24)11-13)19(12-25(27)28)21-15-5-1-3-7-17(15)22(26)18-8-4-2-6-16(18)21/h1-11,19,21H,12H2. The zero-order chi connectivity index (χ0) is 19.8. The molecule has 0 bridgehead atoms. The van der Waals surface area contributed by atoms with Crippen LogP contribution < -0.4 is 0 Å². The number of carbonyl (C=O) groups excluding carboxylic acids is 1. The minimum absolute atomic E-state index is 0.0653. The summed E-state index contributed by atoms with van der Waals surface area (Å²) in [5.41, 5.74) is 3.36. The van der Waals surface area contributed by atoms with Crippen LogP contribution in [0, 0.1) is 10.1 Å². The largest absolute Gasteiger partial charge is 0.289 e. The molecule has 0 radical (unpaired) electrons. The van der Waals surface area contributed by atoms with Crippen molar-refractivity contribution in [2.24, 2.45) is 0 Å². The lowest BCUT2D eigenvalue weighted by Gasteiger charge is -2.32. The van der Waals surface area contributed by atoms with Crippen LogP contribution in [0.2, 0.25) is 10.0 Å². The van der Waals surface area contributed by atoms with Gasteiger partial charge < -0.3 is 0 Å². The highest BCUT2D eigenvalue weighted by Crippen LogP contribution is 2.46. The van der Waals surface area contributed by atoms with Crippen molar-refractivity contribution >= 4 is 29.0 Å². The fourth-order valence-electron chi connectivity index (χ4n) is 4.04. The average molecular weight is 412 g/mol. The number of hydrogen-bond acceptors (Lipinski definition) is 3. The molecule has 0 heterocycles. The molecule has 1 atom stereocenters. The van der Waals surface area contributed by atoms with Crippen molar-refractivity contribution in [1.29, 1.82) is 0 Å². The van der Waals surface area contributed by atoms with Gasteiger partial charge in [0.05, 0.1) is 5.92 Å². The third-order valence-electron chi connectivity index (χ3n) is 5.19. The molecule has 1 aliphatic rings. The van der Waals surface area contributed by atoms with Gasteiger partial charge in [-0.1, -0.05) is 77.8 Å². The number of fused-ring (bicyclic) bond motifs is 2. The van der Waals surface area contributed by atoms with E-state index in [-0.39, 0.29) is 23.2 Å². The first kappa shape index (κ1) is 18.7. The molecule has 1 unspecified atom stereocenters. The molecule has 0 spiro atoms. The van der Waals surface area contributed by atoms with Gasteiger partial charge in [0.1, 0.15) is 0 Å². The molecule has 3 aromatic rings. The molecule has 4 nitrogen and oxygen atoms in total. The van der Waals surface area contributed by atoms with Crippen molar-refractivity contribution < 1.29 is 9.72 Å². The van der Waals surface area contributed by atoms with Gasteiger partial charge in [0, 0.05) is 32.0 Å². The van der Waals surface area contributed by atoms with Gasteiger partial charge in [-0.05, 0) is 28.8 Å². The number of carbonyl (C=O) groups is 1. The summed E-state index contributed by atoms with van der Waals surface area (Å²) >= 11 is 12.5.